The third kappa shape index (κ3) is 5.13. The minimum Gasteiger partial charge on any atom is -0.384 e. The van der Waals surface area contributed by atoms with Crippen LogP contribution in [0.1, 0.15) is 68.1 Å². The molecule has 2 amide bonds. The van der Waals surface area contributed by atoms with Crippen molar-refractivity contribution in [3.05, 3.63) is 70.2 Å². The molecule has 8 heteroatoms. The van der Waals surface area contributed by atoms with E-state index >= 15 is 0 Å². The van der Waals surface area contributed by atoms with Crippen molar-refractivity contribution in [2.24, 2.45) is 16.4 Å². The van der Waals surface area contributed by atoms with Crippen LogP contribution in [0.25, 0.3) is 0 Å². The zero-order valence-electron chi connectivity index (χ0n) is 21.3. The van der Waals surface area contributed by atoms with Crippen LogP contribution in [0, 0.1) is 11.3 Å². The monoisotopic (exact) mass is 510 g/mol. The number of halogens is 1. The van der Waals surface area contributed by atoms with Crippen LogP contribution in [0.3, 0.4) is 0 Å². The van der Waals surface area contributed by atoms with Crippen molar-refractivity contribution >= 4 is 29.6 Å². The van der Waals surface area contributed by atoms with E-state index in [0.29, 0.717) is 30.1 Å². The van der Waals surface area contributed by atoms with Crippen molar-refractivity contribution in [3.8, 4) is 0 Å². The Labute approximate surface area is 217 Å². The molecule has 2 aliphatic heterocycles. The normalized spacial score (nSPS) is 23.9. The fraction of sp³-hybridized carbons (Fsp3) is 0.464. The maximum Gasteiger partial charge on any atom is 0.251 e. The third-order valence-electron chi connectivity index (χ3n) is 7.52. The molecule has 3 N–H and O–H groups in total. The number of piperidine rings is 1. The molecule has 3 atom stereocenters. The first-order valence-corrected chi connectivity index (χ1v) is 12.8. The lowest BCUT2D eigenvalue weighted by molar-refractivity contribution is -0.155. The molecule has 7 nitrogen and oxygen atoms in total. The van der Waals surface area contributed by atoms with Crippen LogP contribution in [0.4, 0.5) is 0 Å². The van der Waals surface area contributed by atoms with E-state index < -0.39 is 17.1 Å². The second-order valence-electron chi connectivity index (χ2n) is 10.8. The highest BCUT2D eigenvalue weighted by Gasteiger charge is 2.50. The molecule has 0 bridgehead atoms. The van der Waals surface area contributed by atoms with Gasteiger partial charge in [0.25, 0.3) is 5.91 Å². The molecule has 0 aromatic heterocycles. The molecule has 1 saturated heterocycles. The Morgan fingerprint density at radius 3 is 2.53 bits per heavy atom. The molecule has 2 aliphatic rings. The predicted molar refractivity (Wildman–Crippen MR) is 142 cm³/mol. The van der Waals surface area contributed by atoms with E-state index in [1.54, 1.807) is 23.1 Å². The first-order valence-electron chi connectivity index (χ1n) is 12.5. The Kier molecular flexibility index (Phi) is 7.43. The molecular weight excluding hydrogens is 476 g/mol. The summed E-state index contributed by atoms with van der Waals surface area (Å²) in [6.07, 6.45) is 2.98. The summed E-state index contributed by atoms with van der Waals surface area (Å²) < 4.78 is 0. The molecular formula is C28H35ClN4O3. The highest BCUT2D eigenvalue weighted by Crippen LogP contribution is 2.46. The number of amides is 2. The number of hydrazone groups is 1. The number of carbonyl (C=O) groups is 2. The van der Waals surface area contributed by atoms with E-state index in [4.69, 9.17) is 11.6 Å². The zero-order chi connectivity index (χ0) is 26.1. The summed E-state index contributed by atoms with van der Waals surface area (Å²) in [7, 11) is 0. The number of nitrogens with one attached hydrogen (secondary N) is 2. The average Bonchev–Trinajstić information content (AvgIpc) is 3.39. The van der Waals surface area contributed by atoms with Gasteiger partial charge in [-0.2, -0.15) is 5.10 Å². The third-order valence-corrected chi connectivity index (χ3v) is 7.77. The minimum absolute atomic E-state index is 0.0512. The Morgan fingerprint density at radius 1 is 1.19 bits per heavy atom. The topological polar surface area (TPSA) is 94.0 Å². The number of nitrogens with zero attached hydrogens (tertiary/aromatic N) is 2. The van der Waals surface area contributed by atoms with Gasteiger partial charge < -0.3 is 20.7 Å². The van der Waals surface area contributed by atoms with Crippen LogP contribution in [-0.4, -0.2) is 47.2 Å². The molecule has 0 spiro atoms. The first kappa shape index (κ1) is 26.2. The molecule has 1 unspecified atom stereocenters. The van der Waals surface area contributed by atoms with Gasteiger partial charge in [-0.1, -0.05) is 63.6 Å². The van der Waals surface area contributed by atoms with Gasteiger partial charge in [0.2, 0.25) is 5.91 Å². The van der Waals surface area contributed by atoms with Crippen molar-refractivity contribution in [2.75, 3.05) is 13.1 Å². The van der Waals surface area contributed by atoms with Crippen molar-refractivity contribution in [1.29, 1.82) is 0 Å². The number of hydrogen-bond donors (Lipinski definition) is 3. The average molecular weight is 511 g/mol. The molecule has 2 heterocycles. The molecule has 4 rings (SSSR count). The number of carbonyl (C=O) groups excluding carboxylic acids is 2. The zero-order valence-corrected chi connectivity index (χ0v) is 22.0. The maximum absolute atomic E-state index is 13.6. The summed E-state index contributed by atoms with van der Waals surface area (Å²) in [5.74, 6) is -0.516. The summed E-state index contributed by atoms with van der Waals surface area (Å²) in [5.41, 5.74) is 3.62. The summed E-state index contributed by atoms with van der Waals surface area (Å²) in [5, 5.41) is 19.3. The van der Waals surface area contributed by atoms with Crippen molar-refractivity contribution < 1.29 is 14.7 Å². The number of rotatable bonds is 6. The van der Waals surface area contributed by atoms with E-state index in [0.717, 1.165) is 17.5 Å². The second-order valence-corrected chi connectivity index (χ2v) is 11.2. The molecule has 0 radical (unpaired) electrons. The van der Waals surface area contributed by atoms with Gasteiger partial charge in [-0.05, 0) is 47.7 Å². The van der Waals surface area contributed by atoms with Crippen molar-refractivity contribution in [3.63, 3.8) is 0 Å². The SMILES string of the molecule is CC(C)[C@@H](NC(=O)c1cccc(C2CC=NN2)c1)C(=O)N1CC[C@](O)(c2ccc(Cl)cc2)C(C)(C)C1. The fourth-order valence-electron chi connectivity index (χ4n) is 5.17. The number of likely N-dealkylation sites (tertiary alicyclic amines) is 1. The van der Waals surface area contributed by atoms with Crippen molar-refractivity contribution in [2.45, 2.75) is 58.2 Å². The molecule has 0 aliphatic carbocycles. The van der Waals surface area contributed by atoms with E-state index in [1.807, 2.05) is 64.2 Å². The van der Waals surface area contributed by atoms with Gasteiger partial charge in [0.1, 0.15) is 6.04 Å². The van der Waals surface area contributed by atoms with Crippen molar-refractivity contribution in [1.82, 2.24) is 15.6 Å². The highest BCUT2D eigenvalue weighted by atomic mass is 35.5. The Hall–Kier alpha value is -2.90. The molecule has 2 aromatic rings. The largest absolute Gasteiger partial charge is 0.384 e. The van der Waals surface area contributed by atoms with Crippen LogP contribution >= 0.6 is 11.6 Å². The standard InChI is InChI=1S/C28H35ClN4O3/c1-18(2)24(31-25(34)20-7-5-6-19(16-20)23-12-14-30-32-23)26(35)33-15-13-28(36,27(3,4)17-33)21-8-10-22(29)11-9-21/h5-11,14,16,18,23-24,32,36H,12-13,15,17H2,1-4H3,(H,31,34)/t23?,24-,28+/m1/s1. The van der Waals surface area contributed by atoms with E-state index in [-0.39, 0.29) is 23.8 Å². The van der Waals surface area contributed by atoms with Gasteiger partial charge in [-0.15, -0.1) is 0 Å². The second kappa shape index (κ2) is 10.2. The molecule has 2 aromatic carbocycles. The van der Waals surface area contributed by atoms with E-state index in [9.17, 15) is 14.7 Å². The van der Waals surface area contributed by atoms with Gasteiger partial charge >= 0.3 is 0 Å². The molecule has 36 heavy (non-hydrogen) atoms. The first-order chi connectivity index (χ1) is 17.0. The fourth-order valence-corrected chi connectivity index (χ4v) is 5.29. The van der Waals surface area contributed by atoms with Gasteiger partial charge in [0.15, 0.2) is 0 Å². The molecule has 192 valence electrons. The maximum atomic E-state index is 13.6. The lowest BCUT2D eigenvalue weighted by Gasteiger charge is -2.51. The van der Waals surface area contributed by atoms with Crippen LogP contribution in [0.5, 0.6) is 0 Å². The Balaban J connectivity index is 1.48. The van der Waals surface area contributed by atoms with Gasteiger partial charge in [-0.25, -0.2) is 0 Å². The quantitative estimate of drug-likeness (QED) is 0.541. The predicted octanol–water partition coefficient (Wildman–Crippen LogP) is 4.26. The Morgan fingerprint density at radius 2 is 1.92 bits per heavy atom. The highest BCUT2D eigenvalue weighted by molar-refractivity contribution is 6.30. The van der Waals surface area contributed by atoms with E-state index in [2.05, 4.69) is 15.8 Å². The number of aliphatic hydroxyl groups is 1. The summed E-state index contributed by atoms with van der Waals surface area (Å²) in [6.45, 7) is 8.55. The molecule has 0 saturated carbocycles. The summed E-state index contributed by atoms with van der Waals surface area (Å²) in [4.78, 5) is 28.6. The Bertz CT molecular complexity index is 1140. The smallest absolute Gasteiger partial charge is 0.251 e. The van der Waals surface area contributed by atoms with Crippen LogP contribution < -0.4 is 10.7 Å². The van der Waals surface area contributed by atoms with Gasteiger partial charge in [-0.3, -0.25) is 9.59 Å². The van der Waals surface area contributed by atoms with E-state index in [1.165, 1.54) is 0 Å². The minimum atomic E-state index is -1.09. The summed E-state index contributed by atoms with van der Waals surface area (Å²) >= 11 is 6.05. The van der Waals surface area contributed by atoms with Gasteiger partial charge in [0, 0.05) is 41.7 Å². The van der Waals surface area contributed by atoms with Crippen LogP contribution in [-0.2, 0) is 10.4 Å². The lowest BCUT2D eigenvalue weighted by Crippen LogP contribution is -2.60. The summed E-state index contributed by atoms with van der Waals surface area (Å²) in [6, 6.07) is 14.0. The van der Waals surface area contributed by atoms with Crippen LogP contribution in [0.2, 0.25) is 5.02 Å². The number of benzene rings is 2. The molecule has 1 fully saturated rings. The van der Waals surface area contributed by atoms with Crippen LogP contribution in [0.15, 0.2) is 53.6 Å². The number of hydrogen-bond acceptors (Lipinski definition) is 5. The lowest BCUT2D eigenvalue weighted by atomic mass is 9.66. The van der Waals surface area contributed by atoms with Gasteiger partial charge in [0.05, 0.1) is 11.6 Å².